The predicted molar refractivity (Wildman–Crippen MR) is 174 cm³/mol. The van der Waals surface area contributed by atoms with Crippen LogP contribution < -0.4 is 5.43 Å². The first-order valence-corrected chi connectivity index (χ1v) is 15.9. The first-order valence-electron chi connectivity index (χ1n) is 15.9. The smallest absolute Gasteiger partial charge is 0.204 e. The Kier molecular flexibility index (Phi) is 7.50. The van der Waals surface area contributed by atoms with Gasteiger partial charge in [0.05, 0.1) is 16.2 Å². The van der Waals surface area contributed by atoms with E-state index < -0.39 is 39.0 Å². The van der Waals surface area contributed by atoms with Gasteiger partial charge in [0.2, 0.25) is 5.43 Å². The second-order valence-corrected chi connectivity index (χ2v) is 15.6. The standard InChI is InChI=1S/C38H48O6/c1-20(2)11-12-23-18-37(19-24-15-26(22(5)6)35(24,7)8)32(42)30-31(41)25-16-27(39)28(40)17-29(25)44-33(30)38(34(37)43,36(23,9)10)14-13-21(3)4/h11-13,16-17,20,23-24,26,39-40H,5,14-15,18-19H2,1-4,6-10H3/b12-11+/t23-,24+,26-,37-,38-/m1/s1. The molecule has 1 aromatic carbocycles. The van der Waals surface area contributed by atoms with Gasteiger partial charge >= 0.3 is 0 Å². The van der Waals surface area contributed by atoms with Crippen molar-refractivity contribution in [2.45, 2.75) is 93.4 Å². The number of carbonyl (C=O) groups excluding carboxylic acids is 2. The van der Waals surface area contributed by atoms with Crippen LogP contribution in [0.1, 0.15) is 104 Å². The number of rotatable bonds is 7. The predicted octanol–water partition coefficient (Wildman–Crippen LogP) is 8.44. The number of hydrogen-bond donors (Lipinski definition) is 2. The van der Waals surface area contributed by atoms with Crippen molar-refractivity contribution in [2.24, 2.45) is 39.9 Å². The summed E-state index contributed by atoms with van der Waals surface area (Å²) in [6, 6.07) is 2.34. The highest BCUT2D eigenvalue weighted by molar-refractivity contribution is 6.23. The van der Waals surface area contributed by atoms with Crippen molar-refractivity contribution >= 4 is 22.5 Å². The molecule has 0 unspecified atom stereocenters. The molecule has 6 nitrogen and oxygen atoms in total. The van der Waals surface area contributed by atoms with Crippen LogP contribution in [0.25, 0.3) is 11.0 Å². The van der Waals surface area contributed by atoms with Crippen LogP contribution in [0.3, 0.4) is 0 Å². The number of Topliss-reactive ketones (excluding diaryl/α,β-unsaturated/α-hetero) is 2. The molecule has 0 saturated heterocycles. The summed E-state index contributed by atoms with van der Waals surface area (Å²) in [6.07, 6.45) is 8.13. The molecule has 0 aliphatic heterocycles. The summed E-state index contributed by atoms with van der Waals surface area (Å²) in [4.78, 5) is 44.8. The molecule has 1 heterocycles. The number of phenols is 2. The summed E-state index contributed by atoms with van der Waals surface area (Å²) < 4.78 is 6.47. The highest BCUT2D eigenvalue weighted by atomic mass is 16.3. The molecule has 1 aromatic heterocycles. The van der Waals surface area contributed by atoms with Crippen LogP contribution in [0, 0.1) is 39.9 Å². The van der Waals surface area contributed by atoms with E-state index in [4.69, 9.17) is 4.42 Å². The third-order valence-corrected chi connectivity index (χ3v) is 11.7. The summed E-state index contributed by atoms with van der Waals surface area (Å²) in [5, 5.41) is 20.6. The lowest BCUT2D eigenvalue weighted by Gasteiger charge is -2.62. The first-order chi connectivity index (χ1) is 20.3. The lowest BCUT2D eigenvalue weighted by Crippen LogP contribution is -2.69. The third kappa shape index (κ3) is 4.30. The molecular weight excluding hydrogens is 552 g/mol. The monoisotopic (exact) mass is 600 g/mol. The molecular formula is C38H48O6. The Hall–Kier alpha value is -3.41. The van der Waals surface area contributed by atoms with Crippen LogP contribution in [0.2, 0.25) is 0 Å². The van der Waals surface area contributed by atoms with Crippen LogP contribution in [-0.4, -0.2) is 21.8 Å². The van der Waals surface area contributed by atoms with Gasteiger partial charge in [-0.3, -0.25) is 14.4 Å². The minimum absolute atomic E-state index is 0.00714. The summed E-state index contributed by atoms with van der Waals surface area (Å²) in [5.74, 6) is -0.966. The zero-order valence-electron chi connectivity index (χ0n) is 27.8. The lowest BCUT2D eigenvalue weighted by molar-refractivity contribution is -0.153. The Balaban J connectivity index is 1.88. The molecule has 3 aliphatic carbocycles. The number of aromatic hydroxyl groups is 2. The Morgan fingerprint density at radius 2 is 1.70 bits per heavy atom. The zero-order valence-corrected chi connectivity index (χ0v) is 27.8. The van der Waals surface area contributed by atoms with Gasteiger partial charge in [-0.25, -0.2) is 0 Å². The van der Waals surface area contributed by atoms with Crippen LogP contribution in [0.5, 0.6) is 11.5 Å². The average Bonchev–Trinajstić information content (AvgIpc) is 2.91. The topological polar surface area (TPSA) is 105 Å². The molecule has 2 fully saturated rings. The normalized spacial score (nSPS) is 30.4. The summed E-state index contributed by atoms with van der Waals surface area (Å²) in [5.41, 5.74) is -2.12. The Bertz CT molecular complexity index is 1690. The molecule has 44 heavy (non-hydrogen) atoms. The van der Waals surface area contributed by atoms with Gasteiger partial charge in [-0.05, 0) is 87.0 Å². The Labute approximate surface area is 260 Å². The second kappa shape index (κ2) is 10.3. The number of phenolic OH excluding ortho intramolecular Hbond substituents is 2. The SMILES string of the molecule is C=C(C)[C@H]1C[C@@H](C[C@@]23C[C@@H](/C=C/C(C)C)C(C)(C)[C@@](CC=C(C)C)(C2=O)c2oc4cc(O)c(O)cc4c(=O)c2C3=O)C1(C)C. The van der Waals surface area contributed by atoms with E-state index in [2.05, 4.69) is 60.3 Å². The van der Waals surface area contributed by atoms with E-state index >= 15 is 9.59 Å². The van der Waals surface area contributed by atoms with E-state index in [1.165, 1.54) is 6.07 Å². The second-order valence-electron chi connectivity index (χ2n) is 15.6. The molecule has 2 bridgehead atoms. The number of hydrogen-bond acceptors (Lipinski definition) is 6. The number of fused-ring (bicyclic) bond motifs is 5. The lowest BCUT2D eigenvalue weighted by atomic mass is 9.38. The molecule has 5 atom stereocenters. The average molecular weight is 601 g/mol. The molecule has 2 saturated carbocycles. The first kappa shape index (κ1) is 32.0. The summed E-state index contributed by atoms with van der Waals surface area (Å²) >= 11 is 0. The highest BCUT2D eigenvalue weighted by Crippen LogP contribution is 2.68. The molecule has 0 spiro atoms. The number of allylic oxidation sites excluding steroid dienone is 5. The summed E-state index contributed by atoms with van der Waals surface area (Å²) in [6.45, 7) is 22.9. The van der Waals surface area contributed by atoms with Crippen LogP contribution in [-0.2, 0) is 10.2 Å². The van der Waals surface area contributed by atoms with E-state index in [0.29, 0.717) is 18.8 Å². The largest absolute Gasteiger partial charge is 0.504 e. The van der Waals surface area contributed by atoms with Gasteiger partial charge in [-0.1, -0.05) is 77.5 Å². The van der Waals surface area contributed by atoms with E-state index in [9.17, 15) is 15.0 Å². The zero-order chi connectivity index (χ0) is 32.7. The fourth-order valence-corrected chi connectivity index (χ4v) is 8.66. The van der Waals surface area contributed by atoms with Crippen LogP contribution in [0.15, 0.2) is 57.3 Å². The highest BCUT2D eigenvalue weighted by Gasteiger charge is 2.73. The Morgan fingerprint density at radius 3 is 2.27 bits per heavy atom. The minimum Gasteiger partial charge on any atom is -0.504 e. The summed E-state index contributed by atoms with van der Waals surface area (Å²) in [7, 11) is 0. The van der Waals surface area contributed by atoms with Gasteiger partial charge in [-0.2, -0.15) is 0 Å². The maximum atomic E-state index is 15.5. The molecule has 236 valence electrons. The van der Waals surface area contributed by atoms with Crippen LogP contribution in [0.4, 0.5) is 0 Å². The van der Waals surface area contributed by atoms with Crippen LogP contribution >= 0.6 is 0 Å². The van der Waals surface area contributed by atoms with Crippen molar-refractivity contribution in [3.05, 3.63) is 69.6 Å². The fourth-order valence-electron chi connectivity index (χ4n) is 8.66. The minimum atomic E-state index is -1.41. The quantitative estimate of drug-likeness (QED) is 0.188. The molecule has 6 heteroatoms. The molecule has 2 aromatic rings. The van der Waals surface area contributed by atoms with E-state index in [0.717, 1.165) is 23.6 Å². The van der Waals surface area contributed by atoms with E-state index in [1.807, 2.05) is 26.8 Å². The van der Waals surface area contributed by atoms with E-state index in [1.54, 1.807) is 0 Å². The molecule has 2 N–H and O–H groups in total. The molecule has 5 rings (SSSR count). The molecule has 0 amide bonds. The number of carbonyl (C=O) groups is 2. The van der Waals surface area contributed by atoms with Gasteiger partial charge in [-0.15, -0.1) is 0 Å². The van der Waals surface area contributed by atoms with Crippen molar-refractivity contribution < 1.29 is 24.2 Å². The van der Waals surface area contributed by atoms with Crippen molar-refractivity contribution in [2.75, 3.05) is 0 Å². The van der Waals surface area contributed by atoms with Crippen molar-refractivity contribution in [3.8, 4) is 11.5 Å². The maximum Gasteiger partial charge on any atom is 0.204 e. The van der Waals surface area contributed by atoms with E-state index in [-0.39, 0.29) is 57.7 Å². The molecule has 3 aliphatic rings. The third-order valence-electron chi connectivity index (χ3n) is 11.7. The van der Waals surface area contributed by atoms with Gasteiger partial charge in [0.1, 0.15) is 16.9 Å². The van der Waals surface area contributed by atoms with Gasteiger partial charge in [0.15, 0.2) is 23.1 Å². The number of benzene rings is 1. The maximum absolute atomic E-state index is 15.5. The van der Waals surface area contributed by atoms with Crippen molar-refractivity contribution in [3.63, 3.8) is 0 Å². The van der Waals surface area contributed by atoms with Gasteiger partial charge < -0.3 is 14.6 Å². The van der Waals surface area contributed by atoms with Crippen molar-refractivity contribution in [1.82, 2.24) is 0 Å². The van der Waals surface area contributed by atoms with Crippen molar-refractivity contribution in [1.29, 1.82) is 0 Å². The Morgan fingerprint density at radius 1 is 1.07 bits per heavy atom. The van der Waals surface area contributed by atoms with Gasteiger partial charge in [0.25, 0.3) is 0 Å². The van der Waals surface area contributed by atoms with Gasteiger partial charge in [0, 0.05) is 6.07 Å². The number of ketones is 2. The molecule has 0 radical (unpaired) electrons. The fraction of sp³-hybridized carbons (Fsp3) is 0.553.